The van der Waals surface area contributed by atoms with Crippen molar-refractivity contribution < 1.29 is 20.1 Å². The second-order valence-corrected chi connectivity index (χ2v) is 14.7. The van der Waals surface area contributed by atoms with Gasteiger partial charge in [-0.15, -0.1) is 58.6 Å². The summed E-state index contributed by atoms with van der Waals surface area (Å²) in [6, 6.07) is 39.3. The number of aromatic nitrogens is 2. The molecule has 0 saturated carbocycles. The Hall–Kier alpha value is -4.51. The molecule has 0 atom stereocenters. The molecule has 253 valence electrons. The summed E-state index contributed by atoms with van der Waals surface area (Å²) in [5.74, 6) is 0. The minimum atomic E-state index is 0. The van der Waals surface area contributed by atoms with Gasteiger partial charge in [-0.2, -0.15) is 0 Å². The van der Waals surface area contributed by atoms with Crippen LogP contribution in [0, 0.1) is 38.3 Å². The molecule has 4 aromatic carbocycles. The van der Waals surface area contributed by atoms with Crippen LogP contribution < -0.4 is 26.2 Å². The molecule has 4 heterocycles. The Morgan fingerprint density at radius 2 is 1.38 bits per heavy atom. The molecule has 0 N–H and O–H groups in total. The maximum atomic E-state index is 4.83. The van der Waals surface area contributed by atoms with Crippen molar-refractivity contribution in [3.05, 3.63) is 138 Å². The predicted octanol–water partition coefficient (Wildman–Crippen LogP) is 8.29. The fourth-order valence-corrected chi connectivity index (χ4v) is 7.22. The molecule has 2 aromatic heterocycles. The fraction of sp³-hybridized carbons (Fsp3) is 0.227. The van der Waals surface area contributed by atoms with Gasteiger partial charge in [0, 0.05) is 58.0 Å². The minimum Gasteiger partial charge on any atom is -0.385 e. The van der Waals surface area contributed by atoms with Crippen molar-refractivity contribution in [1.29, 1.82) is 0 Å². The second kappa shape index (κ2) is 14.0. The van der Waals surface area contributed by atoms with Gasteiger partial charge in [0.05, 0.1) is 0 Å². The van der Waals surface area contributed by atoms with Crippen LogP contribution in [0.15, 0.2) is 103 Å². The van der Waals surface area contributed by atoms with Crippen LogP contribution in [0.2, 0.25) is 0 Å². The van der Waals surface area contributed by atoms with Gasteiger partial charge in [-0.25, -0.2) is 0 Å². The molecule has 0 unspecified atom stereocenters. The zero-order chi connectivity index (χ0) is 34.4. The van der Waals surface area contributed by atoms with E-state index in [0.29, 0.717) is 0 Å². The van der Waals surface area contributed by atoms with E-state index < -0.39 is 0 Å². The first kappa shape index (κ1) is 35.3. The number of pyridine rings is 2. The molecule has 0 aliphatic carbocycles. The summed E-state index contributed by atoms with van der Waals surface area (Å²) in [7, 11) is 4.35. The molecule has 0 bridgehead atoms. The Labute approximate surface area is 312 Å². The van der Waals surface area contributed by atoms with Crippen LogP contribution in [-0.2, 0) is 26.5 Å². The maximum Gasteiger partial charge on any atom is 0.232 e. The van der Waals surface area contributed by atoms with Gasteiger partial charge in [-0.05, 0) is 83.1 Å². The first-order chi connectivity index (χ1) is 23.5. The third-order valence-corrected chi connectivity index (χ3v) is 9.76. The van der Waals surface area contributed by atoms with Gasteiger partial charge >= 0.3 is 0 Å². The Kier molecular flexibility index (Phi) is 9.90. The van der Waals surface area contributed by atoms with E-state index in [1.807, 2.05) is 18.5 Å². The summed E-state index contributed by atoms with van der Waals surface area (Å²) in [5, 5.41) is 0. The molecular weight excluding hydrogens is 788 g/mol. The standard InChI is InChI=1S/C30H29BN3.C14H14N.Ir/c1-30(2,3)19-20-16-17-32-24(18-20)21-14-15-27-28-29(21)34(5)26-13-9-7-11-23(26)31(28)22-10-6-8-12-25(22)33(27)4;1-10-4-6-13(7-5-10)14-8-11(2)12(3)9-15-14;/h6-13,15-18H,19H2,1-5H3;4-6,8-9H,1-3H3;/q2*-1;. The number of anilines is 4. The average Bonchev–Trinajstić information content (AvgIpc) is 3.09. The molecule has 0 spiro atoms. The van der Waals surface area contributed by atoms with Crippen LogP contribution in [-0.4, -0.2) is 30.8 Å². The third kappa shape index (κ3) is 6.67. The Bertz CT molecular complexity index is 2160. The largest absolute Gasteiger partial charge is 0.385 e. The topological polar surface area (TPSA) is 32.3 Å². The van der Waals surface area contributed by atoms with Crippen LogP contribution in [0.3, 0.4) is 0 Å². The monoisotopic (exact) mass is 831 g/mol. The first-order valence-corrected chi connectivity index (χ1v) is 17.1. The van der Waals surface area contributed by atoms with Crippen molar-refractivity contribution in [2.24, 2.45) is 5.41 Å². The van der Waals surface area contributed by atoms with Crippen LogP contribution in [0.5, 0.6) is 0 Å². The summed E-state index contributed by atoms with van der Waals surface area (Å²) in [5.41, 5.74) is 18.4. The molecule has 6 heteroatoms. The van der Waals surface area contributed by atoms with Gasteiger partial charge in [0.2, 0.25) is 6.71 Å². The Morgan fingerprint density at radius 1 is 0.700 bits per heavy atom. The van der Waals surface area contributed by atoms with E-state index in [-0.39, 0.29) is 32.2 Å². The number of para-hydroxylation sites is 2. The zero-order valence-corrected chi connectivity index (χ0v) is 32.6. The molecule has 2 aliphatic rings. The molecule has 0 fully saturated rings. The van der Waals surface area contributed by atoms with E-state index in [1.165, 1.54) is 61.4 Å². The van der Waals surface area contributed by atoms with Gasteiger partial charge in [0.15, 0.2) is 0 Å². The smallest absolute Gasteiger partial charge is 0.232 e. The molecule has 50 heavy (non-hydrogen) atoms. The fourth-order valence-electron chi connectivity index (χ4n) is 7.22. The molecular formula is C44H43BIrN4-2. The summed E-state index contributed by atoms with van der Waals surface area (Å²) in [6.07, 6.45) is 4.88. The van der Waals surface area contributed by atoms with E-state index in [0.717, 1.165) is 28.9 Å². The summed E-state index contributed by atoms with van der Waals surface area (Å²) >= 11 is 0. The molecule has 0 amide bonds. The summed E-state index contributed by atoms with van der Waals surface area (Å²) in [6.45, 7) is 13.3. The number of benzene rings is 4. The van der Waals surface area contributed by atoms with Crippen molar-refractivity contribution >= 4 is 45.9 Å². The van der Waals surface area contributed by atoms with E-state index >= 15 is 0 Å². The van der Waals surface area contributed by atoms with Gasteiger partial charge in [-0.1, -0.05) is 87.4 Å². The van der Waals surface area contributed by atoms with E-state index in [9.17, 15) is 0 Å². The average molecular weight is 831 g/mol. The Morgan fingerprint density at radius 3 is 2.02 bits per heavy atom. The van der Waals surface area contributed by atoms with Crippen molar-refractivity contribution in [3.63, 3.8) is 0 Å². The number of fused-ring (bicyclic) bond motifs is 4. The van der Waals surface area contributed by atoms with Crippen molar-refractivity contribution in [2.45, 2.75) is 48.0 Å². The molecule has 4 nitrogen and oxygen atoms in total. The maximum absolute atomic E-state index is 4.83. The first-order valence-electron chi connectivity index (χ1n) is 17.1. The quantitative estimate of drug-likeness (QED) is 0.133. The van der Waals surface area contributed by atoms with Gasteiger partial charge in [0.1, 0.15) is 0 Å². The molecule has 0 saturated heterocycles. The van der Waals surface area contributed by atoms with E-state index in [2.05, 4.69) is 167 Å². The summed E-state index contributed by atoms with van der Waals surface area (Å²) < 4.78 is 0. The SMILES string of the molecule is CN1c2ccccc2B2c3ccccc3N(C)c3c(-c4cc(CC(C)(C)C)ccn4)[c-]cc1c32.Cc1c[c-]c(-c2cc(C)c(C)cn2)cc1.[Ir]. The van der Waals surface area contributed by atoms with Crippen molar-refractivity contribution in [2.75, 3.05) is 23.9 Å². The summed E-state index contributed by atoms with van der Waals surface area (Å²) in [4.78, 5) is 13.9. The molecule has 1 radical (unpaired) electrons. The van der Waals surface area contributed by atoms with Crippen LogP contribution >= 0.6 is 0 Å². The number of hydrogen-bond donors (Lipinski definition) is 0. The van der Waals surface area contributed by atoms with Crippen molar-refractivity contribution in [3.8, 4) is 22.5 Å². The molecule has 2 aliphatic heterocycles. The van der Waals surface area contributed by atoms with Crippen LogP contribution in [0.1, 0.15) is 43.0 Å². The van der Waals surface area contributed by atoms with Crippen LogP contribution in [0.25, 0.3) is 22.5 Å². The van der Waals surface area contributed by atoms with Gasteiger partial charge < -0.3 is 19.8 Å². The number of aryl methyl sites for hydroxylation is 3. The second-order valence-electron chi connectivity index (χ2n) is 14.7. The molecule has 8 rings (SSSR count). The van der Waals surface area contributed by atoms with Crippen LogP contribution in [0.4, 0.5) is 22.7 Å². The van der Waals surface area contributed by atoms with Crippen molar-refractivity contribution in [1.82, 2.24) is 9.97 Å². The van der Waals surface area contributed by atoms with Gasteiger partial charge in [-0.3, -0.25) is 0 Å². The third-order valence-electron chi connectivity index (χ3n) is 9.76. The normalized spacial score (nSPS) is 12.6. The number of nitrogens with zero attached hydrogens (tertiary/aromatic N) is 4. The predicted molar refractivity (Wildman–Crippen MR) is 208 cm³/mol. The Balaban J connectivity index is 0.000000227. The van der Waals surface area contributed by atoms with E-state index in [1.54, 1.807) is 0 Å². The van der Waals surface area contributed by atoms with Gasteiger partial charge in [0.25, 0.3) is 0 Å². The number of rotatable bonds is 3. The zero-order valence-electron chi connectivity index (χ0n) is 30.2. The van der Waals surface area contributed by atoms with E-state index in [4.69, 9.17) is 4.98 Å². The minimum absolute atomic E-state index is 0. The molecule has 6 aromatic rings. The number of hydrogen-bond acceptors (Lipinski definition) is 4.